The molecule has 0 aliphatic rings. The van der Waals surface area contributed by atoms with Gasteiger partial charge in [-0.25, -0.2) is 4.79 Å². The third kappa shape index (κ3) is 6.91. The summed E-state index contributed by atoms with van der Waals surface area (Å²) in [6.07, 6.45) is 0.290. The van der Waals surface area contributed by atoms with E-state index >= 15 is 0 Å². The van der Waals surface area contributed by atoms with Gasteiger partial charge >= 0.3 is 6.03 Å². The van der Waals surface area contributed by atoms with Gasteiger partial charge in [0.05, 0.1) is 6.10 Å². The van der Waals surface area contributed by atoms with Crippen LogP contribution in [0.4, 0.5) is 10.5 Å². The number of carbonyl (C=O) groups is 1. The lowest BCUT2D eigenvalue weighted by Gasteiger charge is -2.28. The molecule has 0 fully saturated rings. The van der Waals surface area contributed by atoms with E-state index in [9.17, 15) is 9.90 Å². The molecule has 23 heavy (non-hydrogen) atoms. The highest BCUT2D eigenvalue weighted by atomic mass is 16.3. The summed E-state index contributed by atoms with van der Waals surface area (Å²) in [6.45, 7) is 6.96. The Kier molecular flexibility index (Phi) is 6.88. The molecule has 1 aromatic carbocycles. The molecule has 0 aromatic heterocycles. The minimum Gasteiger partial charge on any atom is -0.393 e. The van der Waals surface area contributed by atoms with E-state index in [4.69, 9.17) is 0 Å². The first-order valence-corrected chi connectivity index (χ1v) is 8.04. The minimum atomic E-state index is -0.366. The summed E-state index contributed by atoms with van der Waals surface area (Å²) in [5.74, 6) is 0. The van der Waals surface area contributed by atoms with Crippen molar-refractivity contribution in [3.05, 3.63) is 29.8 Å². The molecule has 1 atom stereocenters. The molecule has 0 heterocycles. The summed E-state index contributed by atoms with van der Waals surface area (Å²) in [5, 5.41) is 12.4. The Morgan fingerprint density at radius 1 is 1.22 bits per heavy atom. The summed E-state index contributed by atoms with van der Waals surface area (Å²) in [4.78, 5) is 15.9. The van der Waals surface area contributed by atoms with Crippen molar-refractivity contribution in [2.24, 2.45) is 5.41 Å². The lowest BCUT2D eigenvalue weighted by atomic mass is 9.87. The van der Waals surface area contributed by atoms with Gasteiger partial charge in [-0.2, -0.15) is 0 Å². The standard InChI is InChI=1S/C18H31N3O2/c1-14(22)11-18(2,3)13-19-17(23)21(6)12-15-7-9-16(10-8-15)20(4)5/h7-10,14,22H,11-13H2,1-6H3,(H,19,23). The van der Waals surface area contributed by atoms with Crippen LogP contribution in [0.15, 0.2) is 24.3 Å². The Morgan fingerprint density at radius 2 is 1.78 bits per heavy atom. The Morgan fingerprint density at radius 3 is 2.26 bits per heavy atom. The fourth-order valence-corrected chi connectivity index (χ4v) is 2.57. The highest BCUT2D eigenvalue weighted by molar-refractivity contribution is 5.73. The first-order valence-electron chi connectivity index (χ1n) is 8.04. The van der Waals surface area contributed by atoms with Crippen LogP contribution in [0.2, 0.25) is 0 Å². The summed E-state index contributed by atoms with van der Waals surface area (Å²) in [5.41, 5.74) is 2.11. The normalized spacial score (nSPS) is 12.7. The largest absolute Gasteiger partial charge is 0.393 e. The molecule has 0 bridgehead atoms. The summed E-state index contributed by atoms with van der Waals surface area (Å²) >= 11 is 0. The van der Waals surface area contributed by atoms with E-state index in [2.05, 4.69) is 5.32 Å². The van der Waals surface area contributed by atoms with E-state index in [0.29, 0.717) is 19.5 Å². The molecule has 0 aliphatic heterocycles. The molecule has 1 aromatic rings. The van der Waals surface area contributed by atoms with Gasteiger partial charge in [-0.15, -0.1) is 0 Å². The van der Waals surface area contributed by atoms with Gasteiger partial charge in [0.25, 0.3) is 0 Å². The highest BCUT2D eigenvalue weighted by Crippen LogP contribution is 2.21. The van der Waals surface area contributed by atoms with E-state index in [0.717, 1.165) is 11.3 Å². The molecule has 1 unspecified atom stereocenters. The van der Waals surface area contributed by atoms with Gasteiger partial charge in [0.2, 0.25) is 0 Å². The smallest absolute Gasteiger partial charge is 0.317 e. The van der Waals surface area contributed by atoms with Crippen LogP contribution in [0.5, 0.6) is 0 Å². The van der Waals surface area contributed by atoms with Crippen molar-refractivity contribution in [2.75, 3.05) is 32.6 Å². The molecular formula is C18H31N3O2. The molecule has 0 spiro atoms. The zero-order valence-electron chi connectivity index (χ0n) is 15.3. The Hall–Kier alpha value is -1.75. The highest BCUT2D eigenvalue weighted by Gasteiger charge is 2.22. The quantitative estimate of drug-likeness (QED) is 0.812. The lowest BCUT2D eigenvalue weighted by Crippen LogP contribution is -2.42. The number of benzene rings is 1. The predicted octanol–water partition coefficient (Wildman–Crippen LogP) is 2.69. The number of nitrogens with one attached hydrogen (secondary N) is 1. The van der Waals surface area contributed by atoms with Gasteiger partial charge in [-0.1, -0.05) is 26.0 Å². The number of rotatable bonds is 7. The number of hydrogen-bond donors (Lipinski definition) is 2. The molecular weight excluding hydrogens is 290 g/mol. The van der Waals surface area contributed by atoms with E-state index in [1.54, 1.807) is 18.9 Å². The zero-order chi connectivity index (χ0) is 17.6. The number of amides is 2. The second-order valence-corrected chi connectivity index (χ2v) is 7.29. The predicted molar refractivity (Wildman–Crippen MR) is 95.7 cm³/mol. The number of aliphatic hydroxyl groups is 1. The number of anilines is 1. The van der Waals surface area contributed by atoms with Crippen LogP contribution in [0, 0.1) is 5.41 Å². The van der Waals surface area contributed by atoms with E-state index in [1.807, 2.05) is 57.1 Å². The molecule has 0 saturated carbocycles. The number of hydrogen-bond acceptors (Lipinski definition) is 3. The minimum absolute atomic E-state index is 0.0969. The summed E-state index contributed by atoms with van der Waals surface area (Å²) < 4.78 is 0. The molecule has 0 radical (unpaired) electrons. The lowest BCUT2D eigenvalue weighted by molar-refractivity contribution is 0.127. The average molecular weight is 321 g/mol. The fraction of sp³-hybridized carbons (Fsp3) is 0.611. The fourth-order valence-electron chi connectivity index (χ4n) is 2.57. The molecule has 1 rings (SSSR count). The van der Waals surface area contributed by atoms with Crippen molar-refractivity contribution in [1.82, 2.24) is 10.2 Å². The monoisotopic (exact) mass is 321 g/mol. The van der Waals surface area contributed by atoms with Crippen LogP contribution in [0.3, 0.4) is 0 Å². The summed E-state index contributed by atoms with van der Waals surface area (Å²) in [7, 11) is 5.80. The van der Waals surface area contributed by atoms with Crippen molar-refractivity contribution in [1.29, 1.82) is 0 Å². The average Bonchev–Trinajstić information content (AvgIpc) is 2.44. The third-order valence-corrected chi connectivity index (χ3v) is 3.79. The number of carbonyl (C=O) groups excluding carboxylic acids is 1. The molecule has 0 saturated heterocycles. The van der Waals surface area contributed by atoms with Crippen molar-refractivity contribution in [2.45, 2.75) is 39.8 Å². The van der Waals surface area contributed by atoms with Crippen molar-refractivity contribution in [3.8, 4) is 0 Å². The van der Waals surface area contributed by atoms with Crippen LogP contribution in [-0.4, -0.2) is 49.8 Å². The topological polar surface area (TPSA) is 55.8 Å². The van der Waals surface area contributed by atoms with Crippen LogP contribution in [0.25, 0.3) is 0 Å². The third-order valence-electron chi connectivity index (χ3n) is 3.79. The Bertz CT molecular complexity index is 495. The van der Waals surface area contributed by atoms with Gasteiger partial charge in [-0.3, -0.25) is 0 Å². The van der Waals surface area contributed by atoms with Gasteiger partial charge in [-0.05, 0) is 36.5 Å². The first kappa shape index (κ1) is 19.3. The van der Waals surface area contributed by atoms with Crippen molar-refractivity contribution < 1.29 is 9.90 Å². The zero-order valence-corrected chi connectivity index (χ0v) is 15.3. The Labute approximate surface area is 140 Å². The first-order chi connectivity index (χ1) is 10.6. The number of urea groups is 1. The van der Waals surface area contributed by atoms with Gasteiger partial charge in [0.1, 0.15) is 0 Å². The molecule has 5 heteroatoms. The SMILES string of the molecule is CC(O)CC(C)(C)CNC(=O)N(C)Cc1ccc(N(C)C)cc1. The molecule has 5 nitrogen and oxygen atoms in total. The van der Waals surface area contributed by atoms with E-state index in [-0.39, 0.29) is 17.6 Å². The number of nitrogens with zero attached hydrogens (tertiary/aromatic N) is 2. The maximum atomic E-state index is 12.2. The van der Waals surface area contributed by atoms with Crippen molar-refractivity contribution >= 4 is 11.7 Å². The molecule has 2 N–H and O–H groups in total. The van der Waals surface area contributed by atoms with Gasteiger partial charge < -0.3 is 20.2 Å². The van der Waals surface area contributed by atoms with E-state index < -0.39 is 0 Å². The van der Waals surface area contributed by atoms with Gasteiger partial charge in [0.15, 0.2) is 0 Å². The second kappa shape index (κ2) is 8.20. The molecule has 0 aliphatic carbocycles. The van der Waals surface area contributed by atoms with Gasteiger partial charge in [0, 0.05) is 39.9 Å². The summed E-state index contributed by atoms with van der Waals surface area (Å²) in [6, 6.07) is 8.08. The Balaban J connectivity index is 2.50. The van der Waals surface area contributed by atoms with Crippen LogP contribution < -0.4 is 10.2 Å². The maximum Gasteiger partial charge on any atom is 0.317 e. The van der Waals surface area contributed by atoms with E-state index in [1.165, 1.54) is 0 Å². The number of aliphatic hydroxyl groups excluding tert-OH is 1. The molecule has 130 valence electrons. The van der Waals surface area contributed by atoms with Crippen LogP contribution >= 0.6 is 0 Å². The van der Waals surface area contributed by atoms with Crippen LogP contribution in [-0.2, 0) is 6.54 Å². The van der Waals surface area contributed by atoms with Crippen molar-refractivity contribution in [3.63, 3.8) is 0 Å². The molecule has 2 amide bonds. The second-order valence-electron chi connectivity index (χ2n) is 7.29. The maximum absolute atomic E-state index is 12.2. The van der Waals surface area contributed by atoms with Crippen LogP contribution in [0.1, 0.15) is 32.8 Å².